The predicted molar refractivity (Wildman–Crippen MR) is 130 cm³/mol. The van der Waals surface area contributed by atoms with E-state index in [1.165, 1.54) is 0 Å². The van der Waals surface area contributed by atoms with Gasteiger partial charge in [-0.1, -0.05) is 30.3 Å². The maximum Gasteiger partial charge on any atom is 0.141 e. The van der Waals surface area contributed by atoms with E-state index in [4.69, 9.17) is 10.5 Å². The number of H-pyrrole nitrogens is 1. The monoisotopic (exact) mass is 454 g/mol. The van der Waals surface area contributed by atoms with Crippen molar-refractivity contribution in [3.63, 3.8) is 0 Å². The van der Waals surface area contributed by atoms with Crippen LogP contribution in [0.1, 0.15) is 33.6 Å². The number of fused-ring (bicyclic) bond motifs is 6. The summed E-state index contributed by atoms with van der Waals surface area (Å²) in [5, 5.41) is 20.2. The van der Waals surface area contributed by atoms with E-state index in [1.54, 1.807) is 24.7 Å². The summed E-state index contributed by atoms with van der Waals surface area (Å²) in [5.41, 5.74) is 12.5. The van der Waals surface area contributed by atoms with Crippen LogP contribution in [0.3, 0.4) is 0 Å². The largest absolute Gasteiger partial charge is 0.488 e. The number of aromatic nitrogens is 3. The van der Waals surface area contributed by atoms with Crippen LogP contribution in [-0.4, -0.2) is 15.0 Å². The number of ether oxygens (including phenoxy) is 1. The van der Waals surface area contributed by atoms with Crippen LogP contribution in [0.25, 0.3) is 22.0 Å². The molecular formula is C28H18N6O. The predicted octanol–water partition coefficient (Wildman–Crippen LogP) is 4.51. The summed E-state index contributed by atoms with van der Waals surface area (Å²) >= 11 is 0. The van der Waals surface area contributed by atoms with Gasteiger partial charge in [-0.15, -0.1) is 0 Å². The van der Waals surface area contributed by atoms with Crippen LogP contribution in [0.2, 0.25) is 0 Å². The average molecular weight is 454 g/mol. The van der Waals surface area contributed by atoms with Gasteiger partial charge in [0.05, 0.1) is 29.3 Å². The van der Waals surface area contributed by atoms with Gasteiger partial charge < -0.3 is 15.5 Å². The minimum absolute atomic E-state index is 0.268. The van der Waals surface area contributed by atoms with Gasteiger partial charge in [0.25, 0.3) is 0 Å². The van der Waals surface area contributed by atoms with Gasteiger partial charge in [0.2, 0.25) is 0 Å². The topological polar surface area (TPSA) is 124 Å². The number of nitrogens with zero attached hydrogens (tertiary/aromatic N) is 4. The van der Waals surface area contributed by atoms with Crippen LogP contribution in [0, 0.1) is 22.7 Å². The van der Waals surface area contributed by atoms with Crippen LogP contribution in [-0.2, 0) is 12.1 Å². The fourth-order valence-corrected chi connectivity index (χ4v) is 4.69. The van der Waals surface area contributed by atoms with Gasteiger partial charge in [-0.25, -0.2) is 9.97 Å². The van der Waals surface area contributed by atoms with E-state index in [1.807, 2.05) is 54.6 Å². The molecule has 3 aromatic carbocycles. The Bertz CT molecular complexity index is 1690. The highest BCUT2D eigenvalue weighted by Gasteiger charge is 2.35. The highest BCUT2D eigenvalue weighted by Crippen LogP contribution is 2.39. The number of nitrogens with one attached hydrogen (secondary N) is 1. The summed E-state index contributed by atoms with van der Waals surface area (Å²) in [4.78, 5) is 11.9. The Balaban J connectivity index is 1.73. The lowest BCUT2D eigenvalue weighted by atomic mass is 9.80. The molecule has 3 heterocycles. The van der Waals surface area contributed by atoms with Crippen LogP contribution in [0.15, 0.2) is 79.3 Å². The van der Waals surface area contributed by atoms with Gasteiger partial charge in [-0.05, 0) is 64.2 Å². The zero-order valence-corrected chi connectivity index (χ0v) is 18.5. The van der Waals surface area contributed by atoms with Gasteiger partial charge in [-0.3, -0.25) is 0 Å². The highest BCUT2D eigenvalue weighted by molar-refractivity contribution is 5.96. The van der Waals surface area contributed by atoms with E-state index >= 15 is 0 Å². The second kappa shape index (κ2) is 7.81. The Hall–Kier alpha value is -4.98. The number of imidazole rings is 1. The van der Waals surface area contributed by atoms with Crippen molar-refractivity contribution < 1.29 is 4.74 Å². The molecule has 0 radical (unpaired) electrons. The molecule has 0 fully saturated rings. The summed E-state index contributed by atoms with van der Waals surface area (Å²) in [5.74, 6) is 0.455. The van der Waals surface area contributed by atoms with Crippen LogP contribution in [0.4, 0.5) is 0 Å². The molecule has 0 saturated carbocycles. The third-order valence-electron chi connectivity index (χ3n) is 6.49. The molecule has 6 bridgehead atoms. The van der Waals surface area contributed by atoms with Gasteiger partial charge >= 0.3 is 0 Å². The fraction of sp³-hybridized carbons (Fsp3) is 0.0714. The molecule has 0 aliphatic carbocycles. The molecule has 166 valence electrons. The van der Waals surface area contributed by atoms with Crippen molar-refractivity contribution in [2.45, 2.75) is 12.1 Å². The highest BCUT2D eigenvalue weighted by atomic mass is 16.5. The van der Waals surface area contributed by atoms with E-state index in [2.05, 4.69) is 27.1 Å². The van der Waals surface area contributed by atoms with E-state index in [9.17, 15) is 10.5 Å². The molecule has 5 aromatic rings. The SMILES string of the molecule is N#Cc1cc2c3cc(ccc3n1)C(N)(c1cnc[nH]1)c1ccc(C#N)c(c1)OCc1cccc-2c1. The second-order valence-corrected chi connectivity index (χ2v) is 8.48. The van der Waals surface area contributed by atoms with Crippen LogP contribution < -0.4 is 10.5 Å². The van der Waals surface area contributed by atoms with Crippen molar-refractivity contribution in [3.8, 4) is 29.0 Å². The second-order valence-electron chi connectivity index (χ2n) is 8.48. The zero-order valence-electron chi connectivity index (χ0n) is 18.5. The van der Waals surface area contributed by atoms with E-state index in [0.29, 0.717) is 28.2 Å². The van der Waals surface area contributed by atoms with Crippen molar-refractivity contribution in [3.05, 3.63) is 113 Å². The number of hydrogen-bond donors (Lipinski definition) is 2. The van der Waals surface area contributed by atoms with Crippen molar-refractivity contribution in [2.75, 3.05) is 0 Å². The van der Waals surface area contributed by atoms with Gasteiger partial charge in [0.1, 0.15) is 35.7 Å². The summed E-state index contributed by atoms with van der Waals surface area (Å²) in [6, 6.07) is 25.3. The number of aromatic amines is 1. The Labute approximate surface area is 201 Å². The molecule has 1 aliphatic rings. The minimum atomic E-state index is -1.12. The first kappa shape index (κ1) is 20.6. The number of hydrogen-bond acceptors (Lipinski definition) is 6. The number of nitrogens with two attached hydrogens (primary N) is 1. The maximum atomic E-state index is 9.69. The number of rotatable bonds is 1. The number of pyridine rings is 1. The fourth-order valence-electron chi connectivity index (χ4n) is 4.69. The quantitative estimate of drug-likeness (QED) is 0.384. The molecule has 3 N–H and O–H groups in total. The van der Waals surface area contributed by atoms with Crippen molar-refractivity contribution >= 4 is 10.9 Å². The average Bonchev–Trinajstić information content (AvgIpc) is 3.46. The maximum absolute atomic E-state index is 9.69. The molecule has 7 heteroatoms. The Morgan fingerprint density at radius 2 is 1.83 bits per heavy atom. The molecule has 35 heavy (non-hydrogen) atoms. The lowest BCUT2D eigenvalue weighted by molar-refractivity contribution is 0.304. The normalized spacial score (nSPS) is 16.3. The molecule has 0 amide bonds. The smallest absolute Gasteiger partial charge is 0.141 e. The molecule has 7 nitrogen and oxygen atoms in total. The lowest BCUT2D eigenvalue weighted by Crippen LogP contribution is -2.39. The minimum Gasteiger partial charge on any atom is -0.488 e. The molecular weight excluding hydrogens is 436 g/mol. The lowest BCUT2D eigenvalue weighted by Gasteiger charge is -2.30. The van der Waals surface area contributed by atoms with Gasteiger partial charge in [0, 0.05) is 5.39 Å². The van der Waals surface area contributed by atoms with Gasteiger partial charge in [-0.2, -0.15) is 10.5 Å². The summed E-state index contributed by atoms with van der Waals surface area (Å²) in [6.45, 7) is 0.268. The Kier molecular flexibility index (Phi) is 4.60. The number of nitriles is 2. The van der Waals surface area contributed by atoms with Gasteiger partial charge in [0.15, 0.2) is 0 Å². The first-order valence-electron chi connectivity index (χ1n) is 11.0. The molecule has 1 aliphatic heterocycles. The van der Waals surface area contributed by atoms with Crippen molar-refractivity contribution in [1.82, 2.24) is 15.0 Å². The van der Waals surface area contributed by atoms with E-state index in [-0.39, 0.29) is 6.61 Å². The Morgan fingerprint density at radius 1 is 0.971 bits per heavy atom. The third kappa shape index (κ3) is 3.23. The van der Waals surface area contributed by atoms with E-state index in [0.717, 1.165) is 33.2 Å². The van der Waals surface area contributed by atoms with E-state index < -0.39 is 5.54 Å². The molecule has 0 saturated heterocycles. The van der Waals surface area contributed by atoms with Crippen molar-refractivity contribution in [2.24, 2.45) is 5.73 Å². The summed E-state index contributed by atoms with van der Waals surface area (Å²) < 4.78 is 6.14. The Morgan fingerprint density at radius 3 is 2.63 bits per heavy atom. The number of benzene rings is 3. The zero-order chi connectivity index (χ0) is 24.0. The molecule has 0 spiro atoms. The molecule has 1 unspecified atom stereocenters. The summed E-state index contributed by atoms with van der Waals surface area (Å²) in [6.07, 6.45) is 3.28. The third-order valence-corrected chi connectivity index (χ3v) is 6.49. The summed E-state index contributed by atoms with van der Waals surface area (Å²) in [7, 11) is 0. The first-order valence-corrected chi connectivity index (χ1v) is 11.0. The first-order chi connectivity index (χ1) is 17.1. The molecule has 2 aromatic heterocycles. The standard InChI is InChI=1S/C28H18N6O/c29-12-19-4-5-21-10-26(19)35-15-17-2-1-3-18(8-17)23-11-22(13-30)34-25-7-6-20(9-24(23)25)28(21,31)27-14-32-16-33-27/h1-11,14,16H,15,31H2,(H,32,33). The molecule has 1 atom stereocenters. The molecule has 6 rings (SSSR count). The van der Waals surface area contributed by atoms with Crippen LogP contribution in [0.5, 0.6) is 5.75 Å². The van der Waals surface area contributed by atoms with Crippen LogP contribution >= 0.6 is 0 Å². The van der Waals surface area contributed by atoms with Crippen molar-refractivity contribution in [1.29, 1.82) is 10.5 Å².